The number of rotatable bonds is 5. The van der Waals surface area contributed by atoms with Crippen molar-refractivity contribution in [3.8, 4) is 11.4 Å². The number of benzene rings is 2. The molecule has 0 bridgehead atoms. The van der Waals surface area contributed by atoms with E-state index >= 15 is 0 Å². The van der Waals surface area contributed by atoms with E-state index in [4.69, 9.17) is 0 Å². The first-order valence-corrected chi connectivity index (χ1v) is 9.31. The molecule has 2 aromatic carbocycles. The normalized spacial score (nSPS) is 11.3. The van der Waals surface area contributed by atoms with Gasteiger partial charge in [0.25, 0.3) is 0 Å². The van der Waals surface area contributed by atoms with Gasteiger partial charge in [-0.25, -0.2) is 9.97 Å². The van der Waals surface area contributed by atoms with Gasteiger partial charge in [0.2, 0.25) is 5.69 Å². The van der Waals surface area contributed by atoms with Crippen LogP contribution >= 0.6 is 0 Å². The van der Waals surface area contributed by atoms with E-state index in [0.717, 1.165) is 22.5 Å². The Labute approximate surface area is 165 Å². The summed E-state index contributed by atoms with van der Waals surface area (Å²) in [5.41, 5.74) is 6.52. The Hall–Kier alpha value is -3.78. The van der Waals surface area contributed by atoms with Crippen LogP contribution in [0.3, 0.4) is 0 Å². The standard InChI is InChI=1S/C26H20N2/c1-3-7-21(8-4-1)11-13-23-15-17-27-25(19-23)26-20-24(16-18-28-26)14-12-22-9-5-2-6-10-22/h1-20H/p+1/b13-11+,14-12+. The molecule has 0 fully saturated rings. The van der Waals surface area contributed by atoms with Crippen LogP contribution in [0, 0.1) is 0 Å². The second kappa shape index (κ2) is 8.74. The first-order valence-electron chi connectivity index (χ1n) is 9.31. The molecule has 0 aliphatic heterocycles. The number of hydrogen-bond acceptors (Lipinski definition) is 1. The van der Waals surface area contributed by atoms with E-state index in [1.165, 1.54) is 11.1 Å². The van der Waals surface area contributed by atoms with E-state index in [0.29, 0.717) is 0 Å². The van der Waals surface area contributed by atoms with E-state index in [-0.39, 0.29) is 0 Å². The number of H-pyrrole nitrogens is 1. The average molecular weight is 361 g/mol. The zero-order valence-electron chi connectivity index (χ0n) is 15.5. The number of pyridine rings is 2. The molecule has 2 heteroatoms. The summed E-state index contributed by atoms with van der Waals surface area (Å²) in [6.07, 6.45) is 12.3. The summed E-state index contributed by atoms with van der Waals surface area (Å²) >= 11 is 0. The van der Waals surface area contributed by atoms with E-state index in [2.05, 4.69) is 76.7 Å². The predicted octanol–water partition coefficient (Wildman–Crippen LogP) is 5.90. The van der Waals surface area contributed by atoms with Crippen molar-refractivity contribution in [2.75, 3.05) is 0 Å². The van der Waals surface area contributed by atoms with Gasteiger partial charge in [-0.2, -0.15) is 0 Å². The van der Waals surface area contributed by atoms with Crippen molar-refractivity contribution < 1.29 is 4.98 Å². The highest BCUT2D eigenvalue weighted by atomic mass is 14.8. The Morgan fingerprint density at radius 2 is 1.14 bits per heavy atom. The van der Waals surface area contributed by atoms with Crippen LogP contribution < -0.4 is 4.98 Å². The molecule has 0 atom stereocenters. The van der Waals surface area contributed by atoms with Gasteiger partial charge >= 0.3 is 0 Å². The fourth-order valence-corrected chi connectivity index (χ4v) is 2.95. The van der Waals surface area contributed by atoms with Gasteiger partial charge in [0.15, 0.2) is 6.20 Å². The molecule has 2 nitrogen and oxygen atoms in total. The highest BCUT2D eigenvalue weighted by Gasteiger charge is 2.07. The summed E-state index contributed by atoms with van der Waals surface area (Å²) in [5, 5.41) is 0. The summed E-state index contributed by atoms with van der Waals surface area (Å²) in [7, 11) is 0. The van der Waals surface area contributed by atoms with Crippen LogP contribution in [0.2, 0.25) is 0 Å². The number of nitrogens with zero attached hydrogens (tertiary/aromatic N) is 1. The van der Waals surface area contributed by atoms with Crippen molar-refractivity contribution >= 4 is 24.3 Å². The molecule has 0 aliphatic carbocycles. The molecule has 2 heterocycles. The molecule has 0 saturated carbocycles. The van der Waals surface area contributed by atoms with Gasteiger partial charge in [0, 0.05) is 18.3 Å². The second-order valence-electron chi connectivity index (χ2n) is 6.50. The Balaban J connectivity index is 1.56. The highest BCUT2D eigenvalue weighted by molar-refractivity contribution is 5.73. The maximum Gasteiger partial charge on any atom is 0.230 e. The van der Waals surface area contributed by atoms with Gasteiger partial charge in [0.05, 0.1) is 0 Å². The lowest BCUT2D eigenvalue weighted by Crippen LogP contribution is -2.06. The van der Waals surface area contributed by atoms with Gasteiger partial charge in [0.1, 0.15) is 5.69 Å². The van der Waals surface area contributed by atoms with Gasteiger partial charge < -0.3 is 0 Å². The van der Waals surface area contributed by atoms with Gasteiger partial charge in [-0.05, 0) is 34.4 Å². The molecule has 0 aliphatic rings. The minimum Gasteiger partial charge on any atom is -0.250 e. The van der Waals surface area contributed by atoms with Crippen molar-refractivity contribution in [1.29, 1.82) is 0 Å². The SMILES string of the molecule is C(=C\c1ccnc(-c2cc(/C=C/c3ccccc3)cc[nH+]2)c1)/c1ccccc1. The van der Waals surface area contributed by atoms with Crippen molar-refractivity contribution in [1.82, 2.24) is 4.98 Å². The zero-order chi connectivity index (χ0) is 19.0. The van der Waals surface area contributed by atoms with E-state index in [1.54, 1.807) is 0 Å². The minimum absolute atomic E-state index is 0.921. The van der Waals surface area contributed by atoms with E-state index in [1.807, 2.05) is 54.9 Å². The lowest BCUT2D eigenvalue weighted by atomic mass is 10.1. The fourth-order valence-electron chi connectivity index (χ4n) is 2.95. The average Bonchev–Trinajstić information content (AvgIpc) is 2.78. The Morgan fingerprint density at radius 1 is 0.571 bits per heavy atom. The van der Waals surface area contributed by atoms with Crippen LogP contribution in [0.5, 0.6) is 0 Å². The molecule has 2 aromatic heterocycles. The van der Waals surface area contributed by atoms with Gasteiger partial charge in [-0.1, -0.05) is 85.0 Å². The van der Waals surface area contributed by atoms with Crippen molar-refractivity contribution in [2.45, 2.75) is 0 Å². The second-order valence-corrected chi connectivity index (χ2v) is 6.50. The maximum atomic E-state index is 4.53. The van der Waals surface area contributed by atoms with Gasteiger partial charge in [-0.15, -0.1) is 0 Å². The molecule has 0 saturated heterocycles. The Morgan fingerprint density at radius 3 is 1.79 bits per heavy atom. The van der Waals surface area contributed by atoms with Crippen LogP contribution in [-0.4, -0.2) is 4.98 Å². The summed E-state index contributed by atoms with van der Waals surface area (Å²) in [6.45, 7) is 0. The monoisotopic (exact) mass is 361 g/mol. The van der Waals surface area contributed by atoms with Crippen LogP contribution in [-0.2, 0) is 0 Å². The fraction of sp³-hybridized carbons (Fsp3) is 0. The minimum atomic E-state index is 0.921. The van der Waals surface area contributed by atoms with Crippen LogP contribution in [0.25, 0.3) is 35.7 Å². The maximum absolute atomic E-state index is 4.53. The topological polar surface area (TPSA) is 27.0 Å². The van der Waals surface area contributed by atoms with Crippen LogP contribution in [0.1, 0.15) is 22.3 Å². The van der Waals surface area contributed by atoms with E-state index in [9.17, 15) is 0 Å². The molecular formula is C26H21N2+. The number of nitrogens with one attached hydrogen (secondary N) is 1. The molecular weight excluding hydrogens is 340 g/mol. The van der Waals surface area contributed by atoms with E-state index < -0.39 is 0 Å². The quantitative estimate of drug-likeness (QED) is 0.434. The summed E-state index contributed by atoms with van der Waals surface area (Å²) in [4.78, 5) is 7.84. The highest BCUT2D eigenvalue weighted by Crippen LogP contribution is 2.17. The molecule has 134 valence electrons. The number of hydrogen-bond donors (Lipinski definition) is 0. The smallest absolute Gasteiger partial charge is 0.230 e. The lowest BCUT2D eigenvalue weighted by molar-refractivity contribution is -0.364. The third-order valence-corrected chi connectivity index (χ3v) is 4.42. The van der Waals surface area contributed by atoms with Crippen LogP contribution in [0.4, 0.5) is 0 Å². The molecule has 4 rings (SSSR count). The number of aromatic nitrogens is 2. The predicted molar refractivity (Wildman–Crippen MR) is 117 cm³/mol. The van der Waals surface area contributed by atoms with Crippen LogP contribution in [0.15, 0.2) is 97.3 Å². The summed E-state index contributed by atoms with van der Waals surface area (Å²) in [6, 6.07) is 28.9. The molecule has 0 amide bonds. The third-order valence-electron chi connectivity index (χ3n) is 4.42. The molecule has 4 aromatic rings. The molecule has 0 unspecified atom stereocenters. The Kier molecular flexibility index (Phi) is 5.50. The molecule has 28 heavy (non-hydrogen) atoms. The first-order chi connectivity index (χ1) is 13.9. The van der Waals surface area contributed by atoms with Gasteiger partial charge in [-0.3, -0.25) is 0 Å². The Bertz CT molecular complexity index is 1010. The van der Waals surface area contributed by atoms with Crippen molar-refractivity contribution in [3.63, 3.8) is 0 Å². The number of aromatic amines is 1. The lowest BCUT2D eigenvalue weighted by Gasteiger charge is -1.99. The van der Waals surface area contributed by atoms with Crippen molar-refractivity contribution in [3.05, 3.63) is 120 Å². The third kappa shape index (κ3) is 4.68. The first kappa shape index (κ1) is 17.6. The molecule has 1 N–H and O–H groups in total. The summed E-state index contributed by atoms with van der Waals surface area (Å²) in [5.74, 6) is 0. The largest absolute Gasteiger partial charge is 0.250 e. The van der Waals surface area contributed by atoms with Crippen molar-refractivity contribution in [2.24, 2.45) is 0 Å². The molecule has 0 radical (unpaired) electrons. The molecule has 0 spiro atoms. The summed E-state index contributed by atoms with van der Waals surface area (Å²) < 4.78 is 0. The zero-order valence-corrected chi connectivity index (χ0v) is 15.5.